The fraction of sp³-hybridized carbons (Fsp3) is 0.208. The third kappa shape index (κ3) is 4.94. The topological polar surface area (TPSA) is 77.2 Å². The molecule has 1 atom stereocenters. The number of amides is 1. The highest BCUT2D eigenvalue weighted by atomic mass is 32.2. The Labute approximate surface area is 191 Å². The minimum absolute atomic E-state index is 0.0259. The van der Waals surface area contributed by atoms with Crippen LogP contribution in [-0.2, 0) is 24.0 Å². The lowest BCUT2D eigenvalue weighted by Crippen LogP contribution is -2.30. The number of rotatable bonds is 7. The number of hydrogen-bond donors (Lipinski definition) is 2. The van der Waals surface area contributed by atoms with Crippen molar-refractivity contribution < 1.29 is 27.3 Å². The molecule has 1 amide bonds. The molecule has 9 heteroatoms. The Morgan fingerprint density at radius 2 is 1.82 bits per heavy atom. The number of ether oxygens (including phenoxy) is 1. The molecule has 3 aromatic carbocycles. The molecule has 0 spiro atoms. The quantitative estimate of drug-likeness (QED) is 0.279. The molecule has 2 N–H and O–H groups in total. The predicted octanol–water partition coefficient (Wildman–Crippen LogP) is 5.37. The standard InChI is InChI=1S/C24H21F3N2O3S/c1-33(31)29-23(30)22-17(21-18(24(25,26)27)11-5-12-19(21)28-22)10-6-14-32-20-13-4-8-15-7-2-3-9-16(15)20/h2-5,7-9,11-13,28H,6,10,14H2,1H3,(H,29,30). The van der Waals surface area contributed by atoms with Gasteiger partial charge in [-0.25, -0.2) is 0 Å². The van der Waals surface area contributed by atoms with Crippen LogP contribution in [0, 0.1) is 0 Å². The fourth-order valence-electron chi connectivity index (χ4n) is 3.93. The maximum Gasteiger partial charge on any atom is 0.417 e. The number of fused-ring (bicyclic) bond motifs is 2. The summed E-state index contributed by atoms with van der Waals surface area (Å²) in [6.07, 6.45) is -2.77. The summed E-state index contributed by atoms with van der Waals surface area (Å²) in [6.45, 7) is 0.246. The summed E-state index contributed by atoms with van der Waals surface area (Å²) < 4.78 is 60.7. The molecule has 0 fully saturated rings. The second-order valence-corrected chi connectivity index (χ2v) is 8.63. The highest BCUT2D eigenvalue weighted by Crippen LogP contribution is 2.38. The molecule has 172 valence electrons. The van der Waals surface area contributed by atoms with Crippen LogP contribution in [-0.4, -0.2) is 28.3 Å². The second-order valence-electron chi connectivity index (χ2n) is 7.52. The van der Waals surface area contributed by atoms with Gasteiger partial charge in [-0.1, -0.05) is 42.5 Å². The maximum absolute atomic E-state index is 13.7. The lowest BCUT2D eigenvalue weighted by atomic mass is 10.0. The first-order valence-corrected chi connectivity index (χ1v) is 11.8. The van der Waals surface area contributed by atoms with Crippen molar-refractivity contribution in [1.29, 1.82) is 0 Å². The zero-order valence-corrected chi connectivity index (χ0v) is 18.5. The van der Waals surface area contributed by atoms with E-state index in [2.05, 4.69) is 9.71 Å². The Kier molecular flexibility index (Phi) is 6.53. The summed E-state index contributed by atoms with van der Waals surface area (Å²) in [4.78, 5) is 15.3. The van der Waals surface area contributed by atoms with Crippen LogP contribution in [0.2, 0.25) is 0 Å². The summed E-state index contributed by atoms with van der Waals surface area (Å²) >= 11 is -1.66. The first-order valence-electron chi connectivity index (χ1n) is 10.2. The molecule has 0 aliphatic heterocycles. The Morgan fingerprint density at radius 3 is 2.58 bits per heavy atom. The van der Waals surface area contributed by atoms with E-state index in [4.69, 9.17) is 4.74 Å². The molecule has 0 aliphatic rings. The number of carbonyl (C=O) groups is 1. The summed E-state index contributed by atoms with van der Waals surface area (Å²) in [5.74, 6) is -0.0347. The second kappa shape index (κ2) is 9.36. The van der Waals surface area contributed by atoms with Gasteiger partial charge in [-0.2, -0.15) is 17.9 Å². The third-order valence-electron chi connectivity index (χ3n) is 5.27. The van der Waals surface area contributed by atoms with Crippen LogP contribution in [0.15, 0.2) is 60.7 Å². The highest BCUT2D eigenvalue weighted by molar-refractivity contribution is 7.89. The number of carbonyl (C=O) groups excluding carboxylic acids is 1. The SMILES string of the molecule is C[S+]([O-])NC(=O)c1[nH]c2cccc(C(F)(F)F)c2c1CCCOc1cccc2ccccc12. The molecule has 0 saturated heterocycles. The first kappa shape index (κ1) is 23.0. The molecule has 0 aliphatic carbocycles. The summed E-state index contributed by atoms with van der Waals surface area (Å²) in [5, 5.41) is 1.91. The van der Waals surface area contributed by atoms with Gasteiger partial charge in [0.15, 0.2) is 0 Å². The van der Waals surface area contributed by atoms with E-state index in [1.807, 2.05) is 42.5 Å². The summed E-state index contributed by atoms with van der Waals surface area (Å²) in [6, 6.07) is 17.2. The third-order valence-corrected chi connectivity index (χ3v) is 5.75. The normalized spacial score (nSPS) is 12.8. The molecule has 1 heterocycles. The Morgan fingerprint density at radius 1 is 1.09 bits per heavy atom. The van der Waals surface area contributed by atoms with Gasteiger partial charge in [-0.05, 0) is 42.0 Å². The molecule has 4 rings (SSSR count). The van der Waals surface area contributed by atoms with E-state index in [0.717, 1.165) is 16.8 Å². The lowest BCUT2D eigenvalue weighted by molar-refractivity contribution is -0.136. The van der Waals surface area contributed by atoms with E-state index < -0.39 is 29.0 Å². The minimum atomic E-state index is -4.59. The number of benzene rings is 3. The Hall–Kier alpha value is -3.17. The Balaban J connectivity index is 1.62. The van der Waals surface area contributed by atoms with Crippen molar-refractivity contribution in [3.05, 3.63) is 77.5 Å². The van der Waals surface area contributed by atoms with Gasteiger partial charge in [0.25, 0.3) is 0 Å². The van der Waals surface area contributed by atoms with Crippen molar-refractivity contribution in [3.63, 3.8) is 0 Å². The number of alkyl halides is 3. The number of H-pyrrole nitrogens is 1. The van der Waals surface area contributed by atoms with Gasteiger partial charge in [-0.3, -0.25) is 4.79 Å². The zero-order chi connectivity index (χ0) is 23.6. The fourth-order valence-corrected chi connectivity index (χ4v) is 4.29. The number of nitrogens with one attached hydrogen (secondary N) is 2. The van der Waals surface area contributed by atoms with Gasteiger partial charge < -0.3 is 14.3 Å². The zero-order valence-electron chi connectivity index (χ0n) is 17.7. The molecule has 1 unspecified atom stereocenters. The van der Waals surface area contributed by atoms with E-state index in [1.54, 1.807) is 0 Å². The van der Waals surface area contributed by atoms with Crippen LogP contribution < -0.4 is 9.46 Å². The van der Waals surface area contributed by atoms with E-state index in [9.17, 15) is 22.5 Å². The van der Waals surface area contributed by atoms with Crippen molar-refractivity contribution in [3.8, 4) is 5.75 Å². The number of aromatic amines is 1. The molecular weight excluding hydrogens is 453 g/mol. The van der Waals surface area contributed by atoms with Crippen molar-refractivity contribution >= 4 is 38.9 Å². The molecule has 5 nitrogen and oxygen atoms in total. The number of aromatic nitrogens is 1. The number of aryl methyl sites for hydroxylation is 1. The molecule has 4 aromatic rings. The van der Waals surface area contributed by atoms with Crippen LogP contribution in [0.25, 0.3) is 21.7 Å². The summed E-state index contributed by atoms with van der Waals surface area (Å²) in [5.41, 5.74) is -0.427. The van der Waals surface area contributed by atoms with E-state index in [1.165, 1.54) is 18.4 Å². The van der Waals surface area contributed by atoms with Crippen LogP contribution in [0.1, 0.15) is 28.0 Å². The largest absolute Gasteiger partial charge is 0.593 e. The molecular formula is C24H21F3N2O3S. The van der Waals surface area contributed by atoms with Crippen LogP contribution in [0.3, 0.4) is 0 Å². The van der Waals surface area contributed by atoms with E-state index in [-0.39, 0.29) is 35.2 Å². The predicted molar refractivity (Wildman–Crippen MR) is 123 cm³/mol. The van der Waals surface area contributed by atoms with Gasteiger partial charge >= 0.3 is 12.1 Å². The maximum atomic E-state index is 13.7. The molecule has 33 heavy (non-hydrogen) atoms. The monoisotopic (exact) mass is 474 g/mol. The summed E-state index contributed by atoms with van der Waals surface area (Å²) in [7, 11) is 0. The Bertz CT molecular complexity index is 1300. The molecule has 0 bridgehead atoms. The van der Waals surface area contributed by atoms with E-state index >= 15 is 0 Å². The molecule has 0 radical (unpaired) electrons. The van der Waals surface area contributed by atoms with Gasteiger partial charge in [-0.15, -0.1) is 0 Å². The van der Waals surface area contributed by atoms with Crippen molar-refractivity contribution in [2.24, 2.45) is 0 Å². The molecule has 1 aromatic heterocycles. The number of hydrogen-bond acceptors (Lipinski definition) is 3. The lowest BCUT2D eigenvalue weighted by Gasteiger charge is -2.12. The average Bonchev–Trinajstić information content (AvgIpc) is 3.14. The van der Waals surface area contributed by atoms with Crippen LogP contribution >= 0.6 is 0 Å². The minimum Gasteiger partial charge on any atom is -0.593 e. The van der Waals surface area contributed by atoms with Crippen molar-refractivity contribution in [2.75, 3.05) is 12.9 Å². The average molecular weight is 475 g/mol. The number of halogens is 3. The van der Waals surface area contributed by atoms with Crippen molar-refractivity contribution in [1.82, 2.24) is 9.71 Å². The first-order chi connectivity index (χ1) is 15.8. The van der Waals surface area contributed by atoms with Crippen LogP contribution in [0.4, 0.5) is 13.2 Å². The van der Waals surface area contributed by atoms with Gasteiger partial charge in [0.2, 0.25) is 0 Å². The van der Waals surface area contributed by atoms with Crippen molar-refractivity contribution in [2.45, 2.75) is 19.0 Å². The van der Waals surface area contributed by atoms with E-state index in [0.29, 0.717) is 12.2 Å². The smallest absolute Gasteiger partial charge is 0.417 e. The highest BCUT2D eigenvalue weighted by Gasteiger charge is 2.35. The van der Waals surface area contributed by atoms with Crippen LogP contribution in [0.5, 0.6) is 5.75 Å². The van der Waals surface area contributed by atoms with Gasteiger partial charge in [0, 0.05) is 16.3 Å². The molecule has 0 saturated carbocycles. The van der Waals surface area contributed by atoms with Gasteiger partial charge in [0.05, 0.1) is 23.5 Å². The van der Waals surface area contributed by atoms with Gasteiger partial charge in [0.1, 0.15) is 17.7 Å².